The number of aliphatic hydroxyl groups is 2. The molecule has 56 valence electrons. The summed E-state index contributed by atoms with van der Waals surface area (Å²) in [6.07, 6.45) is -1.67. The van der Waals surface area contributed by atoms with Crippen molar-refractivity contribution < 1.29 is 10.2 Å². The Hall–Kier alpha value is 0.230. The van der Waals surface area contributed by atoms with Crippen molar-refractivity contribution in [3.8, 4) is 0 Å². The van der Waals surface area contributed by atoms with Gasteiger partial charge in [-0.05, 0) is 0 Å². The lowest BCUT2D eigenvalue weighted by Crippen LogP contribution is -2.38. The third-order valence-electron chi connectivity index (χ3n) is 1.13. The Morgan fingerprint density at radius 3 is 2.11 bits per heavy atom. The molecule has 0 aromatic heterocycles. The van der Waals surface area contributed by atoms with Gasteiger partial charge in [-0.15, -0.1) is 0 Å². The van der Waals surface area contributed by atoms with E-state index in [0.717, 1.165) is 0 Å². The molecule has 0 spiro atoms. The van der Waals surface area contributed by atoms with Crippen LogP contribution in [0.5, 0.6) is 0 Å². The summed E-state index contributed by atoms with van der Waals surface area (Å²) < 4.78 is 0. The topological polar surface area (TPSA) is 66.5 Å². The van der Waals surface area contributed by atoms with Crippen LogP contribution in [-0.2, 0) is 0 Å². The van der Waals surface area contributed by atoms with Crippen LogP contribution in [0.25, 0.3) is 0 Å². The summed E-state index contributed by atoms with van der Waals surface area (Å²) in [7, 11) is 0. The zero-order chi connectivity index (χ0) is 7.44. The summed E-state index contributed by atoms with van der Waals surface area (Å²) in [5.74, 6) is 0. The third-order valence-corrected chi connectivity index (χ3v) is 1.44. The quantitative estimate of drug-likeness (QED) is 0.391. The zero-order valence-corrected chi connectivity index (χ0v) is 6.25. The maximum Gasteiger partial charge on any atom is 0.0931 e. The molecule has 0 aliphatic heterocycles. The zero-order valence-electron chi connectivity index (χ0n) is 5.36. The van der Waals surface area contributed by atoms with Crippen LogP contribution < -0.4 is 5.73 Å². The highest BCUT2D eigenvalue weighted by atomic mass is 32.1. The van der Waals surface area contributed by atoms with E-state index in [1.54, 1.807) is 6.92 Å². The van der Waals surface area contributed by atoms with Gasteiger partial charge in [-0.25, -0.2) is 0 Å². The van der Waals surface area contributed by atoms with Gasteiger partial charge in [-0.3, -0.25) is 0 Å². The van der Waals surface area contributed by atoms with Crippen LogP contribution in [0.1, 0.15) is 6.92 Å². The fraction of sp³-hybridized carbons (Fsp3) is 1.00. The number of hydrogen-bond acceptors (Lipinski definition) is 4. The maximum absolute atomic E-state index is 8.99. The van der Waals surface area contributed by atoms with Gasteiger partial charge in [-0.2, -0.15) is 12.6 Å². The molecule has 0 saturated carbocycles. The van der Waals surface area contributed by atoms with Crippen LogP contribution in [0.4, 0.5) is 0 Å². The lowest BCUT2D eigenvalue weighted by Gasteiger charge is -2.18. The number of thiol groups is 1. The van der Waals surface area contributed by atoms with Gasteiger partial charge in [0.05, 0.1) is 12.2 Å². The summed E-state index contributed by atoms with van der Waals surface area (Å²) in [4.78, 5) is 0. The van der Waals surface area contributed by atoms with E-state index in [2.05, 4.69) is 12.6 Å². The fourth-order valence-corrected chi connectivity index (χ4v) is 0.660. The summed E-state index contributed by atoms with van der Waals surface area (Å²) in [5.41, 5.74) is 5.07. The minimum absolute atomic E-state index is 0.0755. The van der Waals surface area contributed by atoms with Crippen LogP contribution in [0, 0.1) is 0 Å². The van der Waals surface area contributed by atoms with Crippen molar-refractivity contribution in [3.63, 3.8) is 0 Å². The van der Waals surface area contributed by atoms with Gasteiger partial charge in [0.25, 0.3) is 0 Å². The fourth-order valence-electron chi connectivity index (χ4n) is 0.461. The van der Waals surface area contributed by atoms with Crippen LogP contribution in [-0.4, -0.2) is 34.2 Å². The van der Waals surface area contributed by atoms with Crippen LogP contribution >= 0.6 is 12.6 Å². The minimum Gasteiger partial charge on any atom is -0.389 e. The lowest BCUT2D eigenvalue weighted by atomic mass is 10.1. The second-order valence-electron chi connectivity index (χ2n) is 2.03. The van der Waals surface area contributed by atoms with E-state index < -0.39 is 12.2 Å². The Kier molecular flexibility index (Phi) is 4.22. The average Bonchev–Trinajstić information content (AvgIpc) is 1.84. The molecule has 0 heterocycles. The number of rotatable bonds is 3. The molecule has 0 fully saturated rings. The highest BCUT2D eigenvalue weighted by Gasteiger charge is 2.17. The van der Waals surface area contributed by atoms with Gasteiger partial charge in [0, 0.05) is 11.8 Å². The lowest BCUT2D eigenvalue weighted by molar-refractivity contribution is 0.0272. The molecule has 4 N–H and O–H groups in total. The van der Waals surface area contributed by atoms with Crippen molar-refractivity contribution in [2.45, 2.75) is 24.4 Å². The van der Waals surface area contributed by atoms with E-state index in [1.165, 1.54) is 0 Å². The first kappa shape index (κ1) is 9.23. The van der Waals surface area contributed by atoms with E-state index in [4.69, 9.17) is 15.9 Å². The molecule has 0 radical (unpaired) electrons. The molecule has 0 rings (SSSR count). The molecule has 0 aromatic carbocycles. The van der Waals surface area contributed by atoms with Crippen LogP contribution in [0.2, 0.25) is 0 Å². The molecule has 3 nitrogen and oxygen atoms in total. The molecule has 0 aliphatic carbocycles. The Bertz CT molecular complexity index is 79.4. The predicted molar refractivity (Wildman–Crippen MR) is 39.5 cm³/mol. The number of hydrogen-bond donors (Lipinski definition) is 4. The first-order valence-electron chi connectivity index (χ1n) is 2.84. The minimum atomic E-state index is -0.850. The van der Waals surface area contributed by atoms with Gasteiger partial charge in [0.1, 0.15) is 0 Å². The summed E-state index contributed by atoms with van der Waals surface area (Å²) in [5, 5.41) is 17.6. The molecule has 3 unspecified atom stereocenters. The van der Waals surface area contributed by atoms with Crippen molar-refractivity contribution in [1.82, 2.24) is 0 Å². The summed E-state index contributed by atoms with van der Waals surface area (Å²) >= 11 is 3.92. The van der Waals surface area contributed by atoms with Crippen LogP contribution in [0.15, 0.2) is 0 Å². The van der Waals surface area contributed by atoms with Crippen LogP contribution in [0.3, 0.4) is 0 Å². The molecule has 0 aliphatic rings. The first-order chi connectivity index (χ1) is 4.09. The largest absolute Gasteiger partial charge is 0.389 e. The number of nitrogens with two attached hydrogens (primary N) is 1. The monoisotopic (exact) mass is 151 g/mol. The summed E-state index contributed by atoms with van der Waals surface area (Å²) in [6.45, 7) is 1.78. The van der Waals surface area contributed by atoms with E-state index in [9.17, 15) is 0 Å². The number of aliphatic hydroxyl groups excluding tert-OH is 2. The van der Waals surface area contributed by atoms with Gasteiger partial charge < -0.3 is 15.9 Å². The van der Waals surface area contributed by atoms with Gasteiger partial charge in [0.2, 0.25) is 0 Å². The second kappa shape index (κ2) is 4.11. The smallest absolute Gasteiger partial charge is 0.0931 e. The normalized spacial score (nSPS) is 21.0. The molecule has 0 aromatic rings. The van der Waals surface area contributed by atoms with E-state index in [1.807, 2.05) is 0 Å². The Morgan fingerprint density at radius 1 is 1.56 bits per heavy atom. The predicted octanol–water partition coefficient (Wildman–Crippen LogP) is -1.01. The SMILES string of the molecule is CC(S)C(O)C(O)CN. The third kappa shape index (κ3) is 3.05. The van der Waals surface area contributed by atoms with E-state index in [-0.39, 0.29) is 11.8 Å². The highest BCUT2D eigenvalue weighted by Crippen LogP contribution is 2.03. The molecule has 0 bridgehead atoms. The Morgan fingerprint density at radius 2 is 2.00 bits per heavy atom. The molecule has 9 heavy (non-hydrogen) atoms. The van der Waals surface area contributed by atoms with E-state index in [0.29, 0.717) is 0 Å². The highest BCUT2D eigenvalue weighted by molar-refractivity contribution is 7.81. The van der Waals surface area contributed by atoms with Crippen molar-refractivity contribution in [2.24, 2.45) is 5.73 Å². The van der Waals surface area contributed by atoms with Gasteiger partial charge in [-0.1, -0.05) is 6.92 Å². The molecule has 0 saturated heterocycles. The maximum atomic E-state index is 8.99. The van der Waals surface area contributed by atoms with E-state index >= 15 is 0 Å². The summed E-state index contributed by atoms with van der Waals surface area (Å²) in [6, 6.07) is 0. The first-order valence-corrected chi connectivity index (χ1v) is 3.35. The molecular formula is C5H13NO2S. The van der Waals surface area contributed by atoms with Gasteiger partial charge in [0.15, 0.2) is 0 Å². The second-order valence-corrected chi connectivity index (χ2v) is 2.85. The Balaban J connectivity index is 3.58. The average molecular weight is 151 g/mol. The Labute approximate surface area is 60.3 Å². The van der Waals surface area contributed by atoms with Crippen molar-refractivity contribution in [1.29, 1.82) is 0 Å². The van der Waals surface area contributed by atoms with Crippen molar-refractivity contribution in [3.05, 3.63) is 0 Å². The van der Waals surface area contributed by atoms with Crippen molar-refractivity contribution in [2.75, 3.05) is 6.54 Å². The standard InChI is InChI=1S/C5H13NO2S/c1-3(9)5(8)4(7)2-6/h3-5,7-9H,2,6H2,1H3. The van der Waals surface area contributed by atoms with Crippen molar-refractivity contribution >= 4 is 12.6 Å². The molecular weight excluding hydrogens is 138 g/mol. The molecule has 3 atom stereocenters. The van der Waals surface area contributed by atoms with Gasteiger partial charge >= 0.3 is 0 Å². The molecule has 0 amide bonds. The molecule has 4 heteroatoms.